The third-order valence-corrected chi connectivity index (χ3v) is 6.21. The predicted molar refractivity (Wildman–Crippen MR) is 120 cm³/mol. The summed E-state index contributed by atoms with van der Waals surface area (Å²) in [6.07, 6.45) is 4.64. The second-order valence-electron chi connectivity index (χ2n) is 7.05. The lowest BCUT2D eigenvalue weighted by Gasteiger charge is -2.04. The van der Waals surface area contributed by atoms with Crippen LogP contribution in [-0.4, -0.2) is 32.8 Å². The summed E-state index contributed by atoms with van der Waals surface area (Å²) >= 11 is 2.74. The summed E-state index contributed by atoms with van der Waals surface area (Å²) in [7, 11) is 1.62. The lowest BCUT2D eigenvalue weighted by Crippen LogP contribution is -2.11. The number of hydrogen-bond acceptors (Lipinski definition) is 7. The molecule has 30 heavy (non-hydrogen) atoms. The molecule has 1 aromatic carbocycles. The van der Waals surface area contributed by atoms with Gasteiger partial charge in [0.1, 0.15) is 15.6 Å². The average Bonchev–Trinajstić information content (AvgIpc) is 3.48. The number of benzene rings is 1. The number of nitrogens with zero attached hydrogens (tertiary/aromatic N) is 4. The molecule has 3 aromatic heterocycles. The van der Waals surface area contributed by atoms with E-state index < -0.39 is 0 Å². The molecule has 0 spiro atoms. The molecule has 9 heteroatoms. The molecule has 0 unspecified atom stereocenters. The lowest BCUT2D eigenvalue weighted by molar-refractivity contribution is 0.103. The Bertz CT molecular complexity index is 1130. The minimum absolute atomic E-state index is 0.246. The number of anilines is 1. The first kappa shape index (κ1) is 20.2. The third-order valence-electron chi connectivity index (χ3n) is 4.28. The molecule has 0 saturated carbocycles. The predicted octanol–water partition coefficient (Wildman–Crippen LogP) is 4.91. The maximum absolute atomic E-state index is 13.1. The minimum Gasteiger partial charge on any atom is -0.497 e. The number of nitrogens with one attached hydrogen (secondary N) is 1. The molecular weight excluding hydrogens is 418 g/mol. The van der Waals surface area contributed by atoms with Gasteiger partial charge in [0.15, 0.2) is 5.13 Å². The van der Waals surface area contributed by atoms with E-state index in [1.165, 1.54) is 22.7 Å². The van der Waals surface area contributed by atoms with E-state index >= 15 is 0 Å². The van der Waals surface area contributed by atoms with Crippen LogP contribution in [-0.2, 0) is 6.42 Å². The first-order valence-corrected chi connectivity index (χ1v) is 11.1. The SMILES string of the molecule is COc1ccc(-c2nc(-n3cccc3)sc2C(=O)Nc2nnc(CC(C)C)s2)cc1. The number of hydrogen-bond donors (Lipinski definition) is 1. The number of ether oxygens (including phenoxy) is 1. The molecular formula is C21H21N5O2S2. The molecule has 0 aliphatic heterocycles. The van der Waals surface area contributed by atoms with E-state index in [2.05, 4.69) is 29.4 Å². The summed E-state index contributed by atoms with van der Waals surface area (Å²) in [4.78, 5) is 18.4. The number of aromatic nitrogens is 4. The Morgan fingerprint density at radius 3 is 2.53 bits per heavy atom. The second-order valence-corrected chi connectivity index (χ2v) is 9.09. The Morgan fingerprint density at radius 2 is 1.87 bits per heavy atom. The summed E-state index contributed by atoms with van der Waals surface area (Å²) in [5, 5.41) is 13.3. The van der Waals surface area contributed by atoms with Crippen molar-refractivity contribution in [1.29, 1.82) is 0 Å². The number of rotatable bonds is 7. The number of thiazole rings is 1. The van der Waals surface area contributed by atoms with E-state index in [9.17, 15) is 4.79 Å². The highest BCUT2D eigenvalue weighted by molar-refractivity contribution is 7.17. The number of carbonyl (C=O) groups is 1. The molecule has 7 nitrogen and oxygen atoms in total. The van der Waals surface area contributed by atoms with Gasteiger partial charge < -0.3 is 9.30 Å². The molecule has 4 aromatic rings. The van der Waals surface area contributed by atoms with Gasteiger partial charge >= 0.3 is 0 Å². The fourth-order valence-corrected chi connectivity index (χ4v) is 4.77. The van der Waals surface area contributed by atoms with Gasteiger partial charge in [-0.05, 0) is 42.3 Å². The van der Waals surface area contributed by atoms with E-state index in [1.807, 2.05) is 53.4 Å². The third kappa shape index (κ3) is 4.42. The maximum atomic E-state index is 13.1. The fourth-order valence-electron chi connectivity index (χ4n) is 2.87. The highest BCUT2D eigenvalue weighted by atomic mass is 32.1. The number of methoxy groups -OCH3 is 1. The van der Waals surface area contributed by atoms with Crippen LogP contribution in [0, 0.1) is 5.92 Å². The van der Waals surface area contributed by atoms with E-state index in [1.54, 1.807) is 7.11 Å². The maximum Gasteiger partial charge on any atom is 0.269 e. The lowest BCUT2D eigenvalue weighted by atomic mass is 10.1. The van der Waals surface area contributed by atoms with Crippen LogP contribution in [0.4, 0.5) is 5.13 Å². The molecule has 0 saturated heterocycles. The normalized spacial score (nSPS) is 11.1. The number of carbonyl (C=O) groups excluding carboxylic acids is 1. The Kier molecular flexibility index (Phi) is 5.91. The van der Waals surface area contributed by atoms with Crippen LogP contribution in [0.25, 0.3) is 16.4 Å². The van der Waals surface area contributed by atoms with E-state index in [0.29, 0.717) is 26.8 Å². The van der Waals surface area contributed by atoms with E-state index in [0.717, 1.165) is 22.7 Å². The molecule has 4 rings (SSSR count). The highest BCUT2D eigenvalue weighted by Crippen LogP contribution is 2.32. The van der Waals surface area contributed by atoms with Gasteiger partial charge in [-0.2, -0.15) is 0 Å². The molecule has 3 heterocycles. The summed E-state index contributed by atoms with van der Waals surface area (Å²) in [6, 6.07) is 11.4. The Balaban J connectivity index is 1.66. The van der Waals surface area contributed by atoms with Crippen LogP contribution in [0.5, 0.6) is 5.75 Å². The Morgan fingerprint density at radius 1 is 1.13 bits per heavy atom. The Hall–Kier alpha value is -3.04. The van der Waals surface area contributed by atoms with Gasteiger partial charge in [-0.3, -0.25) is 10.1 Å². The number of amides is 1. The van der Waals surface area contributed by atoms with Crippen molar-refractivity contribution < 1.29 is 9.53 Å². The van der Waals surface area contributed by atoms with Crippen molar-refractivity contribution in [2.45, 2.75) is 20.3 Å². The van der Waals surface area contributed by atoms with Crippen LogP contribution < -0.4 is 10.1 Å². The van der Waals surface area contributed by atoms with Crippen molar-refractivity contribution in [3.63, 3.8) is 0 Å². The molecule has 154 valence electrons. The topological polar surface area (TPSA) is 81.9 Å². The van der Waals surface area contributed by atoms with Crippen LogP contribution in [0.2, 0.25) is 0 Å². The zero-order valence-corrected chi connectivity index (χ0v) is 18.5. The van der Waals surface area contributed by atoms with Crippen molar-refractivity contribution in [3.05, 3.63) is 58.7 Å². The largest absolute Gasteiger partial charge is 0.497 e. The summed E-state index contributed by atoms with van der Waals surface area (Å²) in [5.74, 6) is 0.981. The van der Waals surface area contributed by atoms with Gasteiger partial charge in [-0.1, -0.05) is 36.5 Å². The van der Waals surface area contributed by atoms with Crippen molar-refractivity contribution in [2.75, 3.05) is 12.4 Å². The summed E-state index contributed by atoms with van der Waals surface area (Å²) in [6.45, 7) is 4.25. The van der Waals surface area contributed by atoms with Crippen LogP contribution >= 0.6 is 22.7 Å². The van der Waals surface area contributed by atoms with E-state index in [-0.39, 0.29) is 5.91 Å². The monoisotopic (exact) mass is 439 g/mol. The summed E-state index contributed by atoms with van der Waals surface area (Å²) in [5.41, 5.74) is 1.46. The highest BCUT2D eigenvalue weighted by Gasteiger charge is 2.22. The van der Waals surface area contributed by atoms with Crippen LogP contribution in [0.3, 0.4) is 0 Å². The smallest absolute Gasteiger partial charge is 0.269 e. The van der Waals surface area contributed by atoms with E-state index in [4.69, 9.17) is 9.72 Å². The average molecular weight is 440 g/mol. The second kappa shape index (κ2) is 8.76. The summed E-state index contributed by atoms with van der Waals surface area (Å²) < 4.78 is 7.13. The first-order chi connectivity index (χ1) is 14.5. The molecule has 0 aliphatic carbocycles. The molecule has 1 amide bonds. The van der Waals surface area contributed by atoms with Gasteiger partial charge in [-0.15, -0.1) is 10.2 Å². The van der Waals surface area contributed by atoms with Crippen molar-refractivity contribution in [3.8, 4) is 22.1 Å². The first-order valence-electron chi connectivity index (χ1n) is 9.46. The fraction of sp³-hybridized carbons (Fsp3) is 0.238. The van der Waals surface area contributed by atoms with Gasteiger partial charge in [0, 0.05) is 24.4 Å². The van der Waals surface area contributed by atoms with Crippen LogP contribution in [0.1, 0.15) is 28.5 Å². The molecule has 0 fully saturated rings. The minimum atomic E-state index is -0.246. The van der Waals surface area contributed by atoms with Gasteiger partial charge in [0.05, 0.1) is 12.8 Å². The molecule has 0 atom stereocenters. The zero-order chi connectivity index (χ0) is 21.1. The van der Waals surface area contributed by atoms with Gasteiger partial charge in [0.25, 0.3) is 5.91 Å². The zero-order valence-electron chi connectivity index (χ0n) is 16.8. The molecule has 0 aliphatic rings. The van der Waals surface area contributed by atoms with Gasteiger partial charge in [-0.25, -0.2) is 4.98 Å². The van der Waals surface area contributed by atoms with Crippen molar-refractivity contribution >= 4 is 33.7 Å². The van der Waals surface area contributed by atoms with Crippen molar-refractivity contribution in [2.24, 2.45) is 5.92 Å². The van der Waals surface area contributed by atoms with Crippen molar-refractivity contribution in [1.82, 2.24) is 19.7 Å². The molecule has 0 bridgehead atoms. The standard InChI is InChI=1S/C21H21N5O2S2/c1-13(2)12-16-24-25-20(29-16)23-19(27)18-17(14-6-8-15(28-3)9-7-14)22-21(30-18)26-10-4-5-11-26/h4-11,13H,12H2,1-3H3,(H,23,25,27). The molecule has 0 radical (unpaired) electrons. The quantitative estimate of drug-likeness (QED) is 0.442. The molecule has 1 N–H and O–H groups in total. The van der Waals surface area contributed by atoms with Gasteiger partial charge in [0.2, 0.25) is 5.13 Å². The Labute approximate surface area is 182 Å². The van der Waals surface area contributed by atoms with Crippen LogP contribution in [0.15, 0.2) is 48.8 Å².